The summed E-state index contributed by atoms with van der Waals surface area (Å²) in [6.07, 6.45) is 0.550. The van der Waals surface area contributed by atoms with E-state index in [2.05, 4.69) is 0 Å². The van der Waals surface area contributed by atoms with Gasteiger partial charge >= 0.3 is 5.97 Å². The molecule has 132 valence electrons. The largest absolute Gasteiger partial charge is 0.466 e. The maximum absolute atomic E-state index is 11.9. The van der Waals surface area contributed by atoms with E-state index < -0.39 is 12.1 Å². The first-order chi connectivity index (χ1) is 11.0. The smallest absolute Gasteiger partial charge is 0.313 e. The average Bonchev–Trinajstić information content (AvgIpc) is 2.52. The molecule has 1 N–H and O–H groups in total. The second kappa shape index (κ2) is 11.3. The molecule has 7 heteroatoms. The van der Waals surface area contributed by atoms with E-state index >= 15 is 0 Å². The Bertz CT molecular complexity index is 392. The summed E-state index contributed by atoms with van der Waals surface area (Å²) in [6.45, 7) is 4.85. The second-order valence-corrected chi connectivity index (χ2v) is 5.64. The molecule has 23 heavy (non-hydrogen) atoms. The number of hydrogen-bond donors (Lipinski definition) is 1. The summed E-state index contributed by atoms with van der Waals surface area (Å²) in [4.78, 5) is 36.5. The molecular weight excluding hydrogens is 302 g/mol. The van der Waals surface area contributed by atoms with E-state index in [9.17, 15) is 19.5 Å². The van der Waals surface area contributed by atoms with E-state index in [0.29, 0.717) is 45.6 Å². The highest BCUT2D eigenvalue weighted by atomic mass is 16.5. The third-order valence-electron chi connectivity index (χ3n) is 3.68. The third-order valence-corrected chi connectivity index (χ3v) is 3.68. The standard InChI is InChI=1S/C16H27NO6/c1-2-23-16(21)11-13(18)5-3-4-6-14(19)15(20)12-17-7-9-22-10-8-17/h14,19H,2-12H2,1H3/t14-/m1/s1. The summed E-state index contributed by atoms with van der Waals surface area (Å²) in [6, 6.07) is 0. The molecule has 1 aliphatic rings. The van der Waals surface area contributed by atoms with Crippen LogP contribution in [0.3, 0.4) is 0 Å². The number of aliphatic hydroxyl groups is 1. The molecule has 0 aromatic carbocycles. The van der Waals surface area contributed by atoms with E-state index in [4.69, 9.17) is 9.47 Å². The lowest BCUT2D eigenvalue weighted by Gasteiger charge is -2.26. The maximum Gasteiger partial charge on any atom is 0.313 e. The lowest BCUT2D eigenvalue weighted by molar-refractivity contribution is -0.145. The van der Waals surface area contributed by atoms with Gasteiger partial charge in [0.1, 0.15) is 18.3 Å². The number of ketones is 2. The normalized spacial score (nSPS) is 16.8. The number of morpholine rings is 1. The monoisotopic (exact) mass is 329 g/mol. The molecule has 0 amide bonds. The summed E-state index contributed by atoms with van der Waals surface area (Å²) < 4.78 is 9.91. The van der Waals surface area contributed by atoms with E-state index in [0.717, 1.165) is 0 Å². The van der Waals surface area contributed by atoms with Crippen molar-refractivity contribution in [1.82, 2.24) is 4.90 Å². The number of nitrogens with zero attached hydrogens (tertiary/aromatic N) is 1. The van der Waals surface area contributed by atoms with Crippen LogP contribution >= 0.6 is 0 Å². The molecule has 1 fully saturated rings. The molecule has 1 saturated heterocycles. The van der Waals surface area contributed by atoms with Crippen molar-refractivity contribution in [3.63, 3.8) is 0 Å². The minimum atomic E-state index is -0.988. The van der Waals surface area contributed by atoms with Crippen molar-refractivity contribution in [3.05, 3.63) is 0 Å². The maximum atomic E-state index is 11.9. The number of Topliss-reactive ketones (excluding diaryl/α,β-unsaturated/α-hetero) is 2. The summed E-state index contributed by atoms with van der Waals surface area (Å²) in [5.41, 5.74) is 0. The fourth-order valence-corrected chi connectivity index (χ4v) is 2.37. The lowest BCUT2D eigenvalue weighted by atomic mass is 10.0. The van der Waals surface area contributed by atoms with Crippen molar-refractivity contribution in [2.24, 2.45) is 0 Å². The Labute approximate surface area is 136 Å². The molecule has 0 unspecified atom stereocenters. The van der Waals surface area contributed by atoms with Gasteiger partial charge in [0.25, 0.3) is 0 Å². The van der Waals surface area contributed by atoms with Gasteiger partial charge < -0.3 is 14.6 Å². The molecule has 7 nitrogen and oxygen atoms in total. The SMILES string of the molecule is CCOC(=O)CC(=O)CCCC[C@@H](O)C(=O)CN1CCOCC1. The Morgan fingerprint density at radius 2 is 1.91 bits per heavy atom. The van der Waals surface area contributed by atoms with Crippen LogP contribution in [0, 0.1) is 0 Å². The van der Waals surface area contributed by atoms with Crippen molar-refractivity contribution < 1.29 is 29.0 Å². The van der Waals surface area contributed by atoms with E-state index in [-0.39, 0.29) is 37.6 Å². The Morgan fingerprint density at radius 1 is 1.22 bits per heavy atom. The molecule has 0 saturated carbocycles. The van der Waals surface area contributed by atoms with E-state index in [1.165, 1.54) is 0 Å². The molecule has 0 spiro atoms. The topological polar surface area (TPSA) is 93.1 Å². The van der Waals surface area contributed by atoms with Gasteiger partial charge in [-0.25, -0.2) is 0 Å². The number of unbranched alkanes of at least 4 members (excludes halogenated alkanes) is 1. The van der Waals surface area contributed by atoms with Gasteiger partial charge in [0.05, 0.1) is 26.4 Å². The van der Waals surface area contributed by atoms with Gasteiger partial charge in [-0.2, -0.15) is 0 Å². The molecular formula is C16H27NO6. The fraction of sp³-hybridized carbons (Fsp3) is 0.812. The molecule has 1 rings (SSSR count). The highest BCUT2D eigenvalue weighted by molar-refractivity contribution is 5.95. The van der Waals surface area contributed by atoms with Crippen LogP contribution in [-0.2, 0) is 23.9 Å². The van der Waals surface area contributed by atoms with E-state index in [1.807, 2.05) is 4.90 Å². The van der Waals surface area contributed by atoms with E-state index in [1.54, 1.807) is 6.92 Å². The zero-order valence-electron chi connectivity index (χ0n) is 13.8. The minimum absolute atomic E-state index is 0.169. The lowest BCUT2D eigenvalue weighted by Crippen LogP contribution is -2.42. The molecule has 0 bridgehead atoms. The number of aliphatic hydroxyl groups excluding tert-OH is 1. The summed E-state index contributed by atoms with van der Waals surface area (Å²) in [7, 11) is 0. The van der Waals surface area contributed by atoms with Crippen molar-refractivity contribution in [1.29, 1.82) is 0 Å². The number of ether oxygens (including phenoxy) is 2. The van der Waals surface area contributed by atoms with Gasteiger partial charge in [-0.15, -0.1) is 0 Å². The average molecular weight is 329 g/mol. The molecule has 1 heterocycles. The number of rotatable bonds is 11. The van der Waals surface area contributed by atoms with Gasteiger partial charge in [0.15, 0.2) is 5.78 Å². The fourth-order valence-electron chi connectivity index (χ4n) is 2.37. The van der Waals surface area contributed by atoms with Gasteiger partial charge in [-0.3, -0.25) is 19.3 Å². The van der Waals surface area contributed by atoms with Gasteiger partial charge in [0, 0.05) is 19.5 Å². The first-order valence-corrected chi connectivity index (χ1v) is 8.21. The molecule has 0 aliphatic carbocycles. The Kier molecular flexibility index (Phi) is 9.66. The number of esters is 1. The van der Waals surface area contributed by atoms with Crippen LogP contribution in [0.1, 0.15) is 39.0 Å². The molecule has 1 aliphatic heterocycles. The Hall–Kier alpha value is -1.31. The predicted molar refractivity (Wildman–Crippen MR) is 83.0 cm³/mol. The third kappa shape index (κ3) is 8.78. The van der Waals surface area contributed by atoms with Crippen LogP contribution < -0.4 is 0 Å². The zero-order valence-corrected chi connectivity index (χ0v) is 13.8. The number of hydrogen-bond acceptors (Lipinski definition) is 7. The summed E-state index contributed by atoms with van der Waals surface area (Å²) in [5.74, 6) is -0.861. The van der Waals surface area contributed by atoms with Crippen LogP contribution in [-0.4, -0.2) is 73.1 Å². The first-order valence-electron chi connectivity index (χ1n) is 8.21. The first kappa shape index (κ1) is 19.7. The van der Waals surface area contributed by atoms with Crippen molar-refractivity contribution in [2.75, 3.05) is 39.5 Å². The van der Waals surface area contributed by atoms with Crippen LogP contribution in [0.5, 0.6) is 0 Å². The van der Waals surface area contributed by atoms with Crippen molar-refractivity contribution in [3.8, 4) is 0 Å². The van der Waals surface area contributed by atoms with Crippen molar-refractivity contribution in [2.45, 2.75) is 45.1 Å². The zero-order chi connectivity index (χ0) is 17.1. The number of carbonyl (C=O) groups excluding carboxylic acids is 3. The van der Waals surface area contributed by atoms with Crippen LogP contribution in [0.25, 0.3) is 0 Å². The van der Waals surface area contributed by atoms with Crippen LogP contribution in [0.4, 0.5) is 0 Å². The quantitative estimate of drug-likeness (QED) is 0.332. The highest BCUT2D eigenvalue weighted by Crippen LogP contribution is 2.08. The Morgan fingerprint density at radius 3 is 2.57 bits per heavy atom. The van der Waals surface area contributed by atoms with Gasteiger partial charge in [-0.05, 0) is 26.2 Å². The second-order valence-electron chi connectivity index (χ2n) is 5.64. The molecule has 1 atom stereocenters. The van der Waals surface area contributed by atoms with Crippen LogP contribution in [0.15, 0.2) is 0 Å². The predicted octanol–water partition coefficient (Wildman–Crippen LogP) is 0.331. The minimum Gasteiger partial charge on any atom is -0.466 e. The molecule has 0 aromatic rings. The Balaban J connectivity index is 2.10. The van der Waals surface area contributed by atoms with Crippen molar-refractivity contribution >= 4 is 17.5 Å². The highest BCUT2D eigenvalue weighted by Gasteiger charge is 2.20. The molecule has 0 radical (unpaired) electrons. The van der Waals surface area contributed by atoms with Gasteiger partial charge in [0.2, 0.25) is 0 Å². The molecule has 0 aromatic heterocycles. The van der Waals surface area contributed by atoms with Gasteiger partial charge in [-0.1, -0.05) is 0 Å². The van der Waals surface area contributed by atoms with Crippen LogP contribution in [0.2, 0.25) is 0 Å². The summed E-state index contributed by atoms with van der Waals surface area (Å²) in [5, 5.41) is 9.86. The summed E-state index contributed by atoms with van der Waals surface area (Å²) >= 11 is 0. The number of carbonyl (C=O) groups is 3.